The number of hydrogen-bond acceptors (Lipinski definition) is 3. The van der Waals surface area contributed by atoms with E-state index in [2.05, 4.69) is 26.2 Å². The minimum atomic E-state index is 0.467. The molecule has 0 aliphatic carbocycles. The Morgan fingerprint density at radius 3 is 2.69 bits per heavy atom. The summed E-state index contributed by atoms with van der Waals surface area (Å²) in [5, 5.41) is 3.47. The second-order valence-electron chi connectivity index (χ2n) is 4.82. The van der Waals surface area contributed by atoms with Crippen molar-refractivity contribution >= 4 is 11.3 Å². The van der Waals surface area contributed by atoms with Crippen molar-refractivity contribution in [3.8, 4) is 0 Å². The van der Waals surface area contributed by atoms with Crippen LogP contribution in [0.5, 0.6) is 0 Å². The van der Waals surface area contributed by atoms with E-state index in [-0.39, 0.29) is 0 Å². The summed E-state index contributed by atoms with van der Waals surface area (Å²) in [5.41, 5.74) is 7.00. The molecule has 0 amide bonds. The van der Waals surface area contributed by atoms with E-state index in [9.17, 15) is 0 Å². The highest BCUT2D eigenvalue weighted by Gasteiger charge is 2.12. The molecule has 0 fully saturated rings. The Hall–Kier alpha value is -0.410. The molecule has 0 aliphatic rings. The monoisotopic (exact) mass is 240 g/mol. The average Bonchev–Trinajstić information content (AvgIpc) is 2.71. The Labute approximate surface area is 103 Å². The highest BCUT2D eigenvalue weighted by Crippen LogP contribution is 2.23. The lowest BCUT2D eigenvalue weighted by Crippen LogP contribution is -2.12. The van der Waals surface area contributed by atoms with Gasteiger partial charge in [0.2, 0.25) is 0 Å². The zero-order chi connectivity index (χ0) is 12.0. The molecule has 0 aliphatic heterocycles. The lowest BCUT2D eigenvalue weighted by molar-refractivity contribution is 0.579. The fraction of sp³-hybridized carbons (Fsp3) is 0.769. The van der Waals surface area contributed by atoms with E-state index >= 15 is 0 Å². The Kier molecular flexibility index (Phi) is 5.99. The van der Waals surface area contributed by atoms with Gasteiger partial charge in [0.25, 0.3) is 0 Å². The van der Waals surface area contributed by atoms with Crippen LogP contribution in [-0.2, 0) is 6.42 Å². The van der Waals surface area contributed by atoms with Crippen LogP contribution in [0.1, 0.15) is 56.7 Å². The van der Waals surface area contributed by atoms with Crippen LogP contribution in [-0.4, -0.2) is 11.5 Å². The third-order valence-corrected chi connectivity index (χ3v) is 3.77. The number of hydrogen-bond donors (Lipinski definition) is 1. The van der Waals surface area contributed by atoms with Gasteiger partial charge in [-0.25, -0.2) is 4.98 Å². The Balaban J connectivity index is 2.55. The van der Waals surface area contributed by atoms with Crippen LogP contribution in [0.15, 0.2) is 5.38 Å². The maximum atomic E-state index is 5.79. The number of nitrogens with two attached hydrogens (primary N) is 1. The van der Waals surface area contributed by atoms with Crippen LogP contribution < -0.4 is 5.73 Å². The van der Waals surface area contributed by atoms with E-state index in [1.807, 2.05) is 0 Å². The second-order valence-corrected chi connectivity index (χ2v) is 5.76. The second kappa shape index (κ2) is 7.02. The number of aryl methyl sites for hydroxylation is 1. The van der Waals surface area contributed by atoms with E-state index in [1.54, 1.807) is 11.3 Å². The maximum absolute atomic E-state index is 5.79. The summed E-state index contributed by atoms with van der Waals surface area (Å²) < 4.78 is 0. The van der Waals surface area contributed by atoms with Crippen LogP contribution >= 0.6 is 11.3 Å². The van der Waals surface area contributed by atoms with Crippen molar-refractivity contribution in [1.29, 1.82) is 0 Å². The van der Waals surface area contributed by atoms with Crippen molar-refractivity contribution in [2.45, 2.75) is 52.4 Å². The number of thiazole rings is 1. The molecule has 1 aromatic heterocycles. The molecule has 1 rings (SSSR count). The van der Waals surface area contributed by atoms with E-state index in [0.717, 1.165) is 25.3 Å². The van der Waals surface area contributed by atoms with Gasteiger partial charge in [-0.2, -0.15) is 0 Å². The molecular formula is C13H24N2S. The summed E-state index contributed by atoms with van der Waals surface area (Å²) in [7, 11) is 0. The minimum absolute atomic E-state index is 0.467. The summed E-state index contributed by atoms with van der Waals surface area (Å²) in [5.74, 6) is 1.22. The van der Waals surface area contributed by atoms with Gasteiger partial charge in [-0.1, -0.05) is 27.2 Å². The van der Waals surface area contributed by atoms with Gasteiger partial charge in [0, 0.05) is 17.8 Å². The fourth-order valence-electron chi connectivity index (χ4n) is 1.77. The largest absolute Gasteiger partial charge is 0.330 e. The van der Waals surface area contributed by atoms with Crippen LogP contribution in [0.3, 0.4) is 0 Å². The van der Waals surface area contributed by atoms with E-state index < -0.39 is 0 Å². The van der Waals surface area contributed by atoms with Crippen LogP contribution in [0.25, 0.3) is 0 Å². The summed E-state index contributed by atoms with van der Waals surface area (Å²) in [6.45, 7) is 7.44. The van der Waals surface area contributed by atoms with Crippen molar-refractivity contribution in [2.24, 2.45) is 11.7 Å². The molecule has 1 heterocycles. The smallest absolute Gasteiger partial charge is 0.0928 e. The standard InChI is InChI=1S/C13H24N2S/c1-4-5-11(8-14)12-9-16-13(15-12)7-6-10(2)3/h9-11H,4-8,14H2,1-3H3. The molecule has 1 aromatic rings. The van der Waals surface area contributed by atoms with Crippen LogP contribution in [0, 0.1) is 5.92 Å². The average molecular weight is 240 g/mol. The molecule has 92 valence electrons. The van der Waals surface area contributed by atoms with Crippen LogP contribution in [0.2, 0.25) is 0 Å². The Morgan fingerprint density at radius 2 is 2.12 bits per heavy atom. The van der Waals surface area contributed by atoms with Crippen molar-refractivity contribution in [2.75, 3.05) is 6.54 Å². The summed E-state index contributed by atoms with van der Waals surface area (Å²) in [4.78, 5) is 4.71. The molecular weight excluding hydrogens is 216 g/mol. The van der Waals surface area contributed by atoms with Crippen LogP contribution in [0.4, 0.5) is 0 Å². The van der Waals surface area contributed by atoms with Gasteiger partial charge >= 0.3 is 0 Å². The Bertz CT molecular complexity index is 294. The molecule has 2 nitrogen and oxygen atoms in total. The fourth-order valence-corrected chi connectivity index (χ4v) is 2.67. The molecule has 0 saturated carbocycles. The molecule has 1 atom stereocenters. The molecule has 16 heavy (non-hydrogen) atoms. The molecule has 1 unspecified atom stereocenters. The molecule has 2 N–H and O–H groups in total. The highest BCUT2D eigenvalue weighted by molar-refractivity contribution is 7.09. The first-order chi connectivity index (χ1) is 7.67. The first kappa shape index (κ1) is 13.7. The number of rotatable bonds is 7. The van der Waals surface area contributed by atoms with E-state index in [0.29, 0.717) is 5.92 Å². The SMILES string of the molecule is CCCC(CN)c1csc(CCC(C)C)n1. The third-order valence-electron chi connectivity index (χ3n) is 2.84. The maximum Gasteiger partial charge on any atom is 0.0928 e. The van der Waals surface area contributed by atoms with Crippen molar-refractivity contribution < 1.29 is 0 Å². The van der Waals surface area contributed by atoms with Crippen molar-refractivity contribution in [1.82, 2.24) is 4.98 Å². The first-order valence-electron chi connectivity index (χ1n) is 6.31. The molecule has 0 aromatic carbocycles. The first-order valence-corrected chi connectivity index (χ1v) is 7.19. The molecule has 3 heteroatoms. The van der Waals surface area contributed by atoms with Gasteiger partial charge in [0.05, 0.1) is 10.7 Å². The molecule has 0 radical (unpaired) electrons. The third kappa shape index (κ3) is 4.22. The molecule has 0 bridgehead atoms. The van der Waals surface area contributed by atoms with Gasteiger partial charge in [0.1, 0.15) is 0 Å². The van der Waals surface area contributed by atoms with E-state index in [4.69, 9.17) is 10.7 Å². The topological polar surface area (TPSA) is 38.9 Å². The highest BCUT2D eigenvalue weighted by atomic mass is 32.1. The predicted octanol–water partition coefficient (Wildman–Crippen LogP) is 3.57. The van der Waals surface area contributed by atoms with Gasteiger partial charge in [-0.15, -0.1) is 11.3 Å². The Morgan fingerprint density at radius 1 is 1.38 bits per heavy atom. The van der Waals surface area contributed by atoms with Gasteiger partial charge in [-0.3, -0.25) is 0 Å². The van der Waals surface area contributed by atoms with Crippen molar-refractivity contribution in [3.05, 3.63) is 16.1 Å². The predicted molar refractivity (Wildman–Crippen MR) is 72.0 cm³/mol. The summed E-state index contributed by atoms with van der Waals surface area (Å²) >= 11 is 1.79. The minimum Gasteiger partial charge on any atom is -0.330 e. The molecule has 0 saturated heterocycles. The zero-order valence-electron chi connectivity index (χ0n) is 10.7. The van der Waals surface area contributed by atoms with Gasteiger partial charge in [-0.05, 0) is 25.2 Å². The summed E-state index contributed by atoms with van der Waals surface area (Å²) in [6, 6.07) is 0. The van der Waals surface area contributed by atoms with Gasteiger partial charge < -0.3 is 5.73 Å². The number of aromatic nitrogens is 1. The quantitative estimate of drug-likeness (QED) is 0.791. The normalized spacial score (nSPS) is 13.3. The van der Waals surface area contributed by atoms with Crippen molar-refractivity contribution in [3.63, 3.8) is 0 Å². The lowest BCUT2D eigenvalue weighted by Gasteiger charge is -2.09. The number of nitrogens with zero attached hydrogens (tertiary/aromatic N) is 1. The van der Waals surface area contributed by atoms with Gasteiger partial charge in [0.15, 0.2) is 0 Å². The summed E-state index contributed by atoms with van der Waals surface area (Å²) in [6.07, 6.45) is 4.68. The lowest BCUT2D eigenvalue weighted by atomic mass is 10.0. The van der Waals surface area contributed by atoms with E-state index in [1.165, 1.54) is 23.5 Å². The molecule has 0 spiro atoms. The zero-order valence-corrected chi connectivity index (χ0v) is 11.5.